The number of benzene rings is 1. The number of aromatic nitrogens is 4. The zero-order valence-electron chi connectivity index (χ0n) is 14.8. The van der Waals surface area contributed by atoms with E-state index in [0.29, 0.717) is 25.1 Å². The van der Waals surface area contributed by atoms with Gasteiger partial charge in [-0.2, -0.15) is 4.98 Å². The highest BCUT2D eigenvalue weighted by Gasteiger charge is 2.15. The second kappa shape index (κ2) is 8.66. The largest absolute Gasteiger partial charge is 0.494 e. The summed E-state index contributed by atoms with van der Waals surface area (Å²) in [5.74, 6) is 1.05. The third kappa shape index (κ3) is 4.44. The summed E-state index contributed by atoms with van der Waals surface area (Å²) < 4.78 is 13.1. The van der Waals surface area contributed by atoms with Gasteiger partial charge >= 0.3 is 0 Å². The van der Waals surface area contributed by atoms with Gasteiger partial charge < -0.3 is 19.8 Å². The smallest absolute Gasteiger partial charge is 0.223 e. The van der Waals surface area contributed by atoms with Crippen molar-refractivity contribution in [1.29, 1.82) is 0 Å². The van der Waals surface area contributed by atoms with Crippen LogP contribution in [-0.2, 0) is 11.3 Å². The summed E-state index contributed by atoms with van der Waals surface area (Å²) in [5.41, 5.74) is 7.37. The molecule has 0 saturated heterocycles. The fourth-order valence-electron chi connectivity index (χ4n) is 2.54. The summed E-state index contributed by atoms with van der Waals surface area (Å²) in [6.07, 6.45) is 2.38. The van der Waals surface area contributed by atoms with Gasteiger partial charge in [0, 0.05) is 4.90 Å². The van der Waals surface area contributed by atoms with Gasteiger partial charge in [0.1, 0.15) is 16.3 Å². The molecule has 7 nitrogen and oxygen atoms in total. The molecule has 0 radical (unpaired) electrons. The molecule has 0 fully saturated rings. The fourth-order valence-corrected chi connectivity index (χ4v) is 3.79. The molecule has 2 N–H and O–H groups in total. The number of imidazole rings is 1. The first-order valence-corrected chi connectivity index (χ1v) is 9.94. The molecule has 2 unspecified atom stereocenters. The van der Waals surface area contributed by atoms with Crippen LogP contribution in [-0.4, -0.2) is 38.6 Å². The molecule has 0 bridgehead atoms. The standard InChI is InChI=1S/C17H22N5O2PS/c1-3-23-12-5-4-6-13(7-12)26-16-14-15(20-17(18)21-16)22(9-19-14)8-11(2)24-10-25/h4-7,9,11H,3,8,10,25H2,1-2H3,(H2,18,20,21). The van der Waals surface area contributed by atoms with E-state index in [0.717, 1.165) is 21.2 Å². The number of nitrogen functional groups attached to an aromatic ring is 1. The maximum absolute atomic E-state index is 5.94. The second-order valence-electron chi connectivity index (χ2n) is 5.61. The van der Waals surface area contributed by atoms with Crippen molar-refractivity contribution >= 4 is 38.1 Å². The Balaban J connectivity index is 1.91. The molecule has 2 atom stereocenters. The Morgan fingerprint density at radius 3 is 2.96 bits per heavy atom. The van der Waals surface area contributed by atoms with Gasteiger partial charge in [-0.1, -0.05) is 17.8 Å². The lowest BCUT2D eigenvalue weighted by atomic mass is 10.3. The molecule has 2 aromatic heterocycles. The topological polar surface area (TPSA) is 88.1 Å². The van der Waals surface area contributed by atoms with Crippen molar-refractivity contribution in [3.05, 3.63) is 30.6 Å². The van der Waals surface area contributed by atoms with Crippen LogP contribution in [0.4, 0.5) is 5.95 Å². The molecule has 0 aliphatic carbocycles. The molecular formula is C17H22N5O2PS. The molecule has 2 heterocycles. The van der Waals surface area contributed by atoms with Crippen LogP contribution in [0.5, 0.6) is 5.75 Å². The van der Waals surface area contributed by atoms with E-state index in [1.54, 1.807) is 6.33 Å². The number of fused-ring (bicyclic) bond motifs is 1. The SMILES string of the molecule is CCOc1cccc(Sc2nc(N)nc3c2ncn3CC(C)OCP)c1. The van der Waals surface area contributed by atoms with Gasteiger partial charge in [0.25, 0.3) is 0 Å². The summed E-state index contributed by atoms with van der Waals surface area (Å²) in [6, 6.07) is 7.86. The van der Waals surface area contributed by atoms with Gasteiger partial charge in [-0.15, -0.1) is 9.24 Å². The predicted molar refractivity (Wildman–Crippen MR) is 107 cm³/mol. The van der Waals surface area contributed by atoms with E-state index < -0.39 is 0 Å². The van der Waals surface area contributed by atoms with Gasteiger partial charge in [0.2, 0.25) is 5.95 Å². The number of rotatable bonds is 8. The average Bonchev–Trinajstić information content (AvgIpc) is 2.98. The molecule has 0 amide bonds. The van der Waals surface area contributed by atoms with Crippen molar-refractivity contribution in [2.24, 2.45) is 0 Å². The summed E-state index contributed by atoms with van der Waals surface area (Å²) in [7, 11) is 2.56. The summed E-state index contributed by atoms with van der Waals surface area (Å²) in [4.78, 5) is 14.2. The van der Waals surface area contributed by atoms with Crippen LogP contribution in [0.3, 0.4) is 0 Å². The van der Waals surface area contributed by atoms with E-state index in [1.165, 1.54) is 11.8 Å². The number of nitrogens with zero attached hydrogens (tertiary/aromatic N) is 4. The quantitative estimate of drug-likeness (QED) is 0.466. The van der Waals surface area contributed by atoms with E-state index >= 15 is 0 Å². The number of hydrogen-bond donors (Lipinski definition) is 1. The molecule has 0 aliphatic heterocycles. The summed E-state index contributed by atoms with van der Waals surface area (Å²) >= 11 is 1.49. The van der Waals surface area contributed by atoms with Gasteiger partial charge in [-0.25, -0.2) is 9.97 Å². The number of ether oxygens (including phenoxy) is 2. The Bertz CT molecular complexity index is 889. The normalized spacial score (nSPS) is 12.4. The predicted octanol–water partition coefficient (Wildman–Crippen LogP) is 3.20. The van der Waals surface area contributed by atoms with Crippen molar-refractivity contribution in [3.63, 3.8) is 0 Å². The van der Waals surface area contributed by atoms with E-state index in [1.807, 2.05) is 42.7 Å². The molecule has 0 spiro atoms. The lowest BCUT2D eigenvalue weighted by Gasteiger charge is -2.12. The van der Waals surface area contributed by atoms with Crippen molar-refractivity contribution in [2.45, 2.75) is 36.4 Å². The van der Waals surface area contributed by atoms with Crippen LogP contribution >= 0.6 is 21.0 Å². The molecule has 1 aromatic carbocycles. The van der Waals surface area contributed by atoms with Gasteiger partial charge in [-0.3, -0.25) is 0 Å². The third-order valence-corrected chi connectivity index (χ3v) is 4.77. The van der Waals surface area contributed by atoms with Crippen molar-refractivity contribution in [3.8, 4) is 5.75 Å². The highest BCUT2D eigenvalue weighted by Crippen LogP contribution is 2.33. The minimum Gasteiger partial charge on any atom is -0.494 e. The second-order valence-corrected chi connectivity index (χ2v) is 7.01. The monoisotopic (exact) mass is 391 g/mol. The number of nitrogens with two attached hydrogens (primary N) is 1. The molecule has 0 aliphatic rings. The number of hydrogen-bond acceptors (Lipinski definition) is 7. The van der Waals surface area contributed by atoms with Crippen molar-refractivity contribution in [2.75, 3.05) is 18.7 Å². The Labute approximate surface area is 158 Å². The maximum Gasteiger partial charge on any atom is 0.223 e. The minimum absolute atomic E-state index is 0.0417. The first kappa shape index (κ1) is 18.9. The minimum atomic E-state index is 0.0417. The molecular weight excluding hydrogens is 369 g/mol. The molecule has 3 aromatic rings. The number of anilines is 1. The van der Waals surface area contributed by atoms with Crippen LogP contribution in [0.1, 0.15) is 13.8 Å². The van der Waals surface area contributed by atoms with E-state index in [9.17, 15) is 0 Å². The maximum atomic E-state index is 5.94. The lowest BCUT2D eigenvalue weighted by molar-refractivity contribution is 0.0912. The lowest BCUT2D eigenvalue weighted by Crippen LogP contribution is -2.15. The van der Waals surface area contributed by atoms with Crippen LogP contribution in [0.25, 0.3) is 11.2 Å². The molecule has 3 rings (SSSR count). The van der Waals surface area contributed by atoms with Crippen molar-refractivity contribution in [1.82, 2.24) is 19.5 Å². The van der Waals surface area contributed by atoms with Gasteiger partial charge in [0.05, 0.1) is 31.9 Å². The average molecular weight is 391 g/mol. The van der Waals surface area contributed by atoms with E-state index in [4.69, 9.17) is 15.2 Å². The van der Waals surface area contributed by atoms with E-state index in [2.05, 4.69) is 24.2 Å². The summed E-state index contributed by atoms with van der Waals surface area (Å²) in [5, 5.41) is 0.722. The Morgan fingerprint density at radius 1 is 1.35 bits per heavy atom. The zero-order chi connectivity index (χ0) is 18.5. The zero-order valence-corrected chi connectivity index (χ0v) is 16.7. The Hall–Kier alpha value is -1.89. The first-order valence-electron chi connectivity index (χ1n) is 8.31. The molecule has 9 heteroatoms. The highest BCUT2D eigenvalue weighted by atomic mass is 32.2. The molecule has 138 valence electrons. The van der Waals surface area contributed by atoms with Crippen LogP contribution in [0.15, 0.2) is 40.5 Å². The molecule has 0 saturated carbocycles. The van der Waals surface area contributed by atoms with E-state index in [-0.39, 0.29) is 12.1 Å². The third-order valence-electron chi connectivity index (χ3n) is 3.61. The van der Waals surface area contributed by atoms with Crippen LogP contribution < -0.4 is 10.5 Å². The fraction of sp³-hybridized carbons (Fsp3) is 0.353. The molecule has 26 heavy (non-hydrogen) atoms. The Morgan fingerprint density at radius 2 is 2.19 bits per heavy atom. The van der Waals surface area contributed by atoms with Crippen molar-refractivity contribution < 1.29 is 9.47 Å². The van der Waals surface area contributed by atoms with Crippen LogP contribution in [0, 0.1) is 0 Å². The highest BCUT2D eigenvalue weighted by molar-refractivity contribution is 7.99. The van der Waals surface area contributed by atoms with Gasteiger partial charge in [-0.05, 0) is 32.0 Å². The van der Waals surface area contributed by atoms with Gasteiger partial charge in [0.15, 0.2) is 5.65 Å². The van der Waals surface area contributed by atoms with Crippen LogP contribution in [0.2, 0.25) is 0 Å². The summed E-state index contributed by atoms with van der Waals surface area (Å²) in [6.45, 7) is 5.24. The Kier molecular flexibility index (Phi) is 6.29. The first-order chi connectivity index (χ1) is 12.6.